The number of hydrogen-bond acceptors (Lipinski definition) is 4. The van der Waals surface area contributed by atoms with Crippen molar-refractivity contribution in [2.45, 2.75) is 39.5 Å². The molecule has 2 aromatic rings. The fraction of sp³-hybridized carbons (Fsp3) is 0.375. The van der Waals surface area contributed by atoms with Crippen LogP contribution in [-0.4, -0.2) is 30.9 Å². The first-order chi connectivity index (χ1) is 14.0. The fourth-order valence-corrected chi connectivity index (χ4v) is 2.98. The molecule has 0 fully saturated rings. The van der Waals surface area contributed by atoms with Gasteiger partial charge in [-0.15, -0.1) is 0 Å². The van der Waals surface area contributed by atoms with Crippen molar-refractivity contribution in [1.82, 2.24) is 0 Å². The predicted molar refractivity (Wildman–Crippen MR) is 113 cm³/mol. The quantitative estimate of drug-likeness (QED) is 0.332. The van der Waals surface area contributed by atoms with Crippen LogP contribution in [0.25, 0.3) is 11.1 Å². The zero-order valence-electron chi connectivity index (χ0n) is 17.2. The number of aryl methyl sites for hydroxylation is 2. The lowest BCUT2D eigenvalue weighted by Crippen LogP contribution is -2.13. The number of ether oxygens (including phenoxy) is 2. The molecule has 29 heavy (non-hydrogen) atoms. The Hall–Kier alpha value is -2.66. The van der Waals surface area contributed by atoms with E-state index in [0.717, 1.165) is 24.0 Å². The second kappa shape index (κ2) is 11.4. The molecule has 4 nitrogen and oxygen atoms in total. The van der Waals surface area contributed by atoms with Crippen molar-refractivity contribution in [2.24, 2.45) is 0 Å². The molecule has 0 bridgehead atoms. The van der Waals surface area contributed by atoms with Crippen molar-refractivity contribution in [3.63, 3.8) is 0 Å². The molecule has 2 rings (SSSR count). The van der Waals surface area contributed by atoms with E-state index >= 15 is 0 Å². The molecule has 0 amide bonds. The minimum atomic E-state index is -0.461. The van der Waals surface area contributed by atoms with E-state index in [4.69, 9.17) is 14.6 Å². The molecule has 0 aliphatic heterocycles. The van der Waals surface area contributed by atoms with Crippen LogP contribution in [0.1, 0.15) is 37.8 Å². The summed E-state index contributed by atoms with van der Waals surface area (Å²) in [4.78, 5) is 11.5. The van der Waals surface area contributed by atoms with Gasteiger partial charge in [-0.25, -0.2) is 9.18 Å². The molecular weight excluding hydrogens is 371 g/mol. The van der Waals surface area contributed by atoms with Gasteiger partial charge in [0.2, 0.25) is 0 Å². The van der Waals surface area contributed by atoms with E-state index in [-0.39, 0.29) is 25.6 Å². The first-order valence-corrected chi connectivity index (χ1v) is 9.94. The molecule has 156 valence electrons. The number of hydrogen-bond donors (Lipinski definition) is 1. The zero-order chi connectivity index (χ0) is 21.2. The Morgan fingerprint density at radius 3 is 2.59 bits per heavy atom. The molecule has 0 saturated heterocycles. The van der Waals surface area contributed by atoms with Gasteiger partial charge in [0, 0.05) is 17.7 Å². The van der Waals surface area contributed by atoms with Gasteiger partial charge in [0.1, 0.15) is 24.8 Å². The molecule has 0 atom stereocenters. The van der Waals surface area contributed by atoms with Gasteiger partial charge in [0.15, 0.2) is 0 Å². The molecule has 2 aromatic carbocycles. The Morgan fingerprint density at radius 2 is 1.93 bits per heavy atom. The smallest absolute Gasteiger partial charge is 0.333 e. The second-order valence-corrected chi connectivity index (χ2v) is 6.98. The summed E-state index contributed by atoms with van der Waals surface area (Å²) >= 11 is 0. The first-order valence-electron chi connectivity index (χ1n) is 9.94. The zero-order valence-corrected chi connectivity index (χ0v) is 17.2. The first kappa shape index (κ1) is 22.6. The Labute approximate surface area is 172 Å². The summed E-state index contributed by atoms with van der Waals surface area (Å²) in [7, 11) is 0. The van der Waals surface area contributed by atoms with Gasteiger partial charge >= 0.3 is 5.97 Å². The fourth-order valence-electron chi connectivity index (χ4n) is 2.98. The Bertz CT molecular complexity index is 845. The summed E-state index contributed by atoms with van der Waals surface area (Å²) in [5.74, 6) is -0.128. The average molecular weight is 400 g/mol. The number of benzene rings is 2. The molecule has 0 aliphatic carbocycles. The SMILES string of the molecule is C=C(C)C(=O)OCCOc1cc(-c2ccc(CCC)cc2F)ccc1CCCO. The standard InChI is InChI=1S/C24H29FO4/c1-4-6-18-8-11-21(22(25)15-18)20-10-9-19(7-5-12-26)23(16-20)28-13-14-29-24(27)17(2)3/h8-11,15-16,26H,2,4-7,12-14H2,1,3H3. The normalized spacial score (nSPS) is 10.6. The van der Waals surface area contributed by atoms with Crippen LogP contribution in [0.15, 0.2) is 48.6 Å². The lowest BCUT2D eigenvalue weighted by Gasteiger charge is -2.14. The topological polar surface area (TPSA) is 55.8 Å². The third-order valence-electron chi connectivity index (χ3n) is 4.48. The summed E-state index contributed by atoms with van der Waals surface area (Å²) in [5.41, 5.74) is 3.45. The van der Waals surface area contributed by atoms with Crippen molar-refractivity contribution in [1.29, 1.82) is 0 Å². The van der Waals surface area contributed by atoms with Crippen LogP contribution in [0.4, 0.5) is 4.39 Å². The highest BCUT2D eigenvalue weighted by molar-refractivity contribution is 5.86. The Kier molecular flexibility index (Phi) is 8.87. The van der Waals surface area contributed by atoms with Crippen LogP contribution in [0.2, 0.25) is 0 Å². The maximum Gasteiger partial charge on any atom is 0.333 e. The van der Waals surface area contributed by atoms with Crippen LogP contribution in [0.5, 0.6) is 5.75 Å². The van der Waals surface area contributed by atoms with Crippen molar-refractivity contribution in [3.8, 4) is 16.9 Å². The number of carbonyl (C=O) groups is 1. The van der Waals surface area contributed by atoms with E-state index in [2.05, 4.69) is 13.5 Å². The van der Waals surface area contributed by atoms with Crippen molar-refractivity contribution < 1.29 is 23.8 Å². The van der Waals surface area contributed by atoms with Crippen molar-refractivity contribution >= 4 is 5.97 Å². The summed E-state index contributed by atoms with van der Waals surface area (Å²) in [6.45, 7) is 7.52. The van der Waals surface area contributed by atoms with E-state index in [9.17, 15) is 9.18 Å². The predicted octanol–water partition coefficient (Wildman–Crippen LogP) is 4.87. The molecule has 0 unspecified atom stereocenters. The van der Waals surface area contributed by atoms with E-state index in [1.165, 1.54) is 0 Å². The van der Waals surface area contributed by atoms with E-state index < -0.39 is 5.97 Å². The highest BCUT2D eigenvalue weighted by Gasteiger charge is 2.11. The minimum Gasteiger partial charge on any atom is -0.490 e. The number of aliphatic hydroxyl groups is 1. The van der Waals surface area contributed by atoms with Crippen LogP contribution >= 0.6 is 0 Å². The Morgan fingerprint density at radius 1 is 1.14 bits per heavy atom. The monoisotopic (exact) mass is 400 g/mol. The lowest BCUT2D eigenvalue weighted by molar-refractivity contribution is -0.139. The third kappa shape index (κ3) is 6.71. The highest BCUT2D eigenvalue weighted by atomic mass is 19.1. The number of esters is 1. The van der Waals surface area contributed by atoms with Crippen LogP contribution in [-0.2, 0) is 22.4 Å². The van der Waals surface area contributed by atoms with Crippen LogP contribution in [0, 0.1) is 5.82 Å². The van der Waals surface area contributed by atoms with Gasteiger partial charge in [-0.3, -0.25) is 0 Å². The van der Waals surface area contributed by atoms with Crippen molar-refractivity contribution in [3.05, 3.63) is 65.5 Å². The highest BCUT2D eigenvalue weighted by Crippen LogP contribution is 2.30. The molecule has 0 aromatic heterocycles. The number of halogens is 1. The molecule has 1 N–H and O–H groups in total. The van der Waals surface area contributed by atoms with Crippen LogP contribution in [0.3, 0.4) is 0 Å². The number of carbonyl (C=O) groups excluding carboxylic acids is 1. The molecule has 5 heteroatoms. The maximum atomic E-state index is 14.6. The molecule has 0 spiro atoms. The third-order valence-corrected chi connectivity index (χ3v) is 4.48. The van der Waals surface area contributed by atoms with Gasteiger partial charge in [0.05, 0.1) is 0 Å². The van der Waals surface area contributed by atoms with Crippen LogP contribution < -0.4 is 4.74 Å². The maximum absolute atomic E-state index is 14.6. The Balaban J connectivity index is 2.19. The minimum absolute atomic E-state index is 0.0743. The average Bonchev–Trinajstić information content (AvgIpc) is 2.70. The van der Waals surface area contributed by atoms with Gasteiger partial charge in [-0.2, -0.15) is 0 Å². The molecule has 0 radical (unpaired) electrons. The summed E-state index contributed by atoms with van der Waals surface area (Å²) in [5, 5.41) is 9.13. The van der Waals surface area contributed by atoms with Gasteiger partial charge < -0.3 is 14.6 Å². The molecule has 0 aliphatic rings. The van der Waals surface area contributed by atoms with Crippen molar-refractivity contribution in [2.75, 3.05) is 19.8 Å². The molecule has 0 saturated carbocycles. The van der Waals surface area contributed by atoms with E-state index in [0.29, 0.717) is 35.3 Å². The van der Waals surface area contributed by atoms with E-state index in [1.807, 2.05) is 18.2 Å². The van der Waals surface area contributed by atoms with Gasteiger partial charge in [-0.1, -0.05) is 44.2 Å². The van der Waals surface area contributed by atoms with Gasteiger partial charge in [-0.05, 0) is 55.0 Å². The second-order valence-electron chi connectivity index (χ2n) is 6.98. The lowest BCUT2D eigenvalue weighted by atomic mass is 9.98. The summed E-state index contributed by atoms with van der Waals surface area (Å²) in [6, 6.07) is 10.9. The summed E-state index contributed by atoms with van der Waals surface area (Å²) < 4.78 is 25.5. The van der Waals surface area contributed by atoms with E-state index in [1.54, 1.807) is 25.1 Å². The number of aliphatic hydroxyl groups excluding tert-OH is 1. The summed E-state index contributed by atoms with van der Waals surface area (Å²) in [6.07, 6.45) is 3.04. The van der Waals surface area contributed by atoms with Gasteiger partial charge in [0.25, 0.3) is 0 Å². The molecule has 0 heterocycles. The largest absolute Gasteiger partial charge is 0.490 e. The number of rotatable bonds is 11. The molecular formula is C24H29FO4.